The van der Waals surface area contributed by atoms with E-state index in [1.807, 2.05) is 49.4 Å². The Morgan fingerprint density at radius 1 is 0.926 bits per heavy atom. The Hall–Kier alpha value is -3.54. The summed E-state index contributed by atoms with van der Waals surface area (Å²) in [5.74, 6) is -0.0739. The van der Waals surface area contributed by atoms with E-state index in [2.05, 4.69) is 16.0 Å². The number of amides is 3. The van der Waals surface area contributed by atoms with Gasteiger partial charge in [-0.05, 0) is 47.9 Å². The fraction of sp³-hybridized carbons (Fsp3) is 0.143. The number of rotatable bonds is 6. The topological polar surface area (TPSA) is 83.4 Å². The molecule has 0 bridgehead atoms. The molecule has 0 unspecified atom stereocenters. The molecule has 0 fully saturated rings. The van der Waals surface area contributed by atoms with Crippen LogP contribution in [0.2, 0.25) is 0 Å². The lowest BCUT2D eigenvalue weighted by molar-refractivity contribution is 0.0996. The normalized spacial score (nSPS) is 10.3. The molecule has 6 heteroatoms. The molecule has 0 atom stereocenters. The van der Waals surface area contributed by atoms with Crippen molar-refractivity contribution in [3.63, 3.8) is 0 Å². The summed E-state index contributed by atoms with van der Waals surface area (Å²) in [6.45, 7) is 2.83. The molecule has 1 aromatic heterocycles. The number of nitrogens with one attached hydrogen (secondary N) is 3. The highest BCUT2D eigenvalue weighted by Crippen LogP contribution is 2.13. The van der Waals surface area contributed by atoms with Gasteiger partial charge >= 0.3 is 6.03 Å². The first-order valence-corrected chi connectivity index (χ1v) is 8.62. The van der Waals surface area contributed by atoms with Crippen molar-refractivity contribution < 1.29 is 14.0 Å². The van der Waals surface area contributed by atoms with Crippen LogP contribution in [0.4, 0.5) is 10.5 Å². The molecule has 3 N–H and O–H groups in total. The summed E-state index contributed by atoms with van der Waals surface area (Å²) in [6.07, 6.45) is 1.45. The van der Waals surface area contributed by atoms with E-state index in [0.717, 1.165) is 16.7 Å². The van der Waals surface area contributed by atoms with Crippen LogP contribution in [-0.4, -0.2) is 11.9 Å². The van der Waals surface area contributed by atoms with E-state index < -0.39 is 0 Å². The van der Waals surface area contributed by atoms with Gasteiger partial charge in [-0.1, -0.05) is 36.4 Å². The minimum Gasteiger partial charge on any atom is -0.459 e. The highest BCUT2D eigenvalue weighted by atomic mass is 16.3. The molecule has 0 radical (unpaired) electrons. The van der Waals surface area contributed by atoms with Gasteiger partial charge in [0.25, 0.3) is 5.91 Å². The summed E-state index contributed by atoms with van der Waals surface area (Å²) in [7, 11) is 0. The van der Waals surface area contributed by atoms with Crippen molar-refractivity contribution in [3.05, 3.63) is 89.4 Å². The molecule has 0 aliphatic rings. The molecular weight excluding hydrogens is 342 g/mol. The standard InChI is InChI=1S/C21H21N3O3/c1-15-6-2-3-8-17(15)14-23-21(26)22-13-16-7-4-9-18(12-16)24-20(25)19-10-5-11-27-19/h2-12H,13-14H2,1H3,(H,24,25)(H2,22,23,26). The molecule has 138 valence electrons. The lowest BCUT2D eigenvalue weighted by Gasteiger charge is -2.10. The van der Waals surface area contributed by atoms with Crippen LogP contribution in [0.15, 0.2) is 71.3 Å². The Bertz CT molecular complexity index is 920. The van der Waals surface area contributed by atoms with E-state index in [0.29, 0.717) is 18.8 Å². The van der Waals surface area contributed by atoms with Crippen molar-refractivity contribution in [2.75, 3.05) is 5.32 Å². The third kappa shape index (κ3) is 5.22. The van der Waals surface area contributed by atoms with Crippen molar-refractivity contribution >= 4 is 17.6 Å². The SMILES string of the molecule is Cc1ccccc1CNC(=O)NCc1cccc(NC(=O)c2ccco2)c1. The maximum atomic E-state index is 12.0. The molecule has 1 heterocycles. The third-order valence-corrected chi connectivity index (χ3v) is 4.08. The average molecular weight is 363 g/mol. The zero-order valence-electron chi connectivity index (χ0n) is 15.0. The molecular formula is C21H21N3O3. The number of hydrogen-bond donors (Lipinski definition) is 3. The van der Waals surface area contributed by atoms with E-state index in [1.165, 1.54) is 6.26 Å². The highest BCUT2D eigenvalue weighted by molar-refractivity contribution is 6.02. The van der Waals surface area contributed by atoms with E-state index in [4.69, 9.17) is 4.42 Å². The summed E-state index contributed by atoms with van der Waals surface area (Å²) in [6, 6.07) is 18.2. The van der Waals surface area contributed by atoms with Gasteiger partial charge in [0, 0.05) is 18.8 Å². The Morgan fingerprint density at radius 3 is 2.52 bits per heavy atom. The Morgan fingerprint density at radius 2 is 1.74 bits per heavy atom. The molecule has 0 saturated carbocycles. The van der Waals surface area contributed by atoms with Crippen molar-refractivity contribution in [2.24, 2.45) is 0 Å². The van der Waals surface area contributed by atoms with Gasteiger partial charge in [0.15, 0.2) is 5.76 Å². The van der Waals surface area contributed by atoms with Gasteiger partial charge in [0.2, 0.25) is 0 Å². The van der Waals surface area contributed by atoms with Crippen molar-refractivity contribution in [3.8, 4) is 0 Å². The number of hydrogen-bond acceptors (Lipinski definition) is 3. The third-order valence-electron chi connectivity index (χ3n) is 4.08. The van der Waals surface area contributed by atoms with Gasteiger partial charge < -0.3 is 20.4 Å². The maximum absolute atomic E-state index is 12.0. The van der Waals surface area contributed by atoms with E-state index in [9.17, 15) is 9.59 Å². The van der Waals surface area contributed by atoms with E-state index >= 15 is 0 Å². The minimum atomic E-state index is -0.318. The molecule has 0 spiro atoms. The van der Waals surface area contributed by atoms with Crippen LogP contribution in [0.25, 0.3) is 0 Å². The molecule has 0 aliphatic carbocycles. The van der Waals surface area contributed by atoms with Gasteiger partial charge in [-0.3, -0.25) is 4.79 Å². The number of benzene rings is 2. The lowest BCUT2D eigenvalue weighted by Crippen LogP contribution is -2.34. The van der Waals surface area contributed by atoms with Gasteiger partial charge in [-0.15, -0.1) is 0 Å². The highest BCUT2D eigenvalue weighted by Gasteiger charge is 2.09. The van der Waals surface area contributed by atoms with Crippen molar-refractivity contribution in [1.29, 1.82) is 0 Å². The lowest BCUT2D eigenvalue weighted by atomic mass is 10.1. The fourth-order valence-corrected chi connectivity index (χ4v) is 2.59. The first-order valence-electron chi connectivity index (χ1n) is 8.62. The summed E-state index contributed by atoms with van der Waals surface area (Å²) in [5.41, 5.74) is 3.72. The van der Waals surface area contributed by atoms with Gasteiger partial charge in [0.05, 0.1) is 6.26 Å². The Labute approximate surface area is 157 Å². The van der Waals surface area contributed by atoms with E-state index in [1.54, 1.807) is 18.2 Å². The summed E-state index contributed by atoms with van der Waals surface area (Å²) in [5, 5.41) is 8.42. The molecule has 0 saturated heterocycles. The number of furan rings is 1. The van der Waals surface area contributed by atoms with Crippen LogP contribution in [0.1, 0.15) is 27.2 Å². The number of aryl methyl sites for hydroxylation is 1. The number of urea groups is 1. The second kappa shape index (κ2) is 8.71. The number of carbonyl (C=O) groups is 2. The molecule has 27 heavy (non-hydrogen) atoms. The monoisotopic (exact) mass is 363 g/mol. The van der Waals surface area contributed by atoms with Crippen LogP contribution in [0, 0.1) is 6.92 Å². The van der Waals surface area contributed by atoms with Gasteiger partial charge in [-0.25, -0.2) is 4.79 Å². The Balaban J connectivity index is 1.50. The number of carbonyl (C=O) groups excluding carboxylic acids is 2. The smallest absolute Gasteiger partial charge is 0.315 e. The van der Waals surface area contributed by atoms with Gasteiger partial charge in [0.1, 0.15) is 0 Å². The predicted molar refractivity (Wildman–Crippen MR) is 103 cm³/mol. The van der Waals surface area contributed by atoms with Gasteiger partial charge in [-0.2, -0.15) is 0 Å². The Kier molecular flexibility index (Phi) is 5.89. The predicted octanol–water partition coefficient (Wildman–Crippen LogP) is 3.84. The molecule has 3 aromatic rings. The minimum absolute atomic E-state index is 0.245. The maximum Gasteiger partial charge on any atom is 0.315 e. The summed E-state index contributed by atoms with van der Waals surface area (Å²) in [4.78, 5) is 24.0. The average Bonchev–Trinajstić information content (AvgIpc) is 3.21. The second-order valence-corrected chi connectivity index (χ2v) is 6.09. The van der Waals surface area contributed by atoms with Crippen molar-refractivity contribution in [1.82, 2.24) is 10.6 Å². The molecule has 2 aromatic carbocycles. The van der Waals surface area contributed by atoms with E-state index in [-0.39, 0.29) is 17.7 Å². The van der Waals surface area contributed by atoms with Crippen LogP contribution in [0.3, 0.4) is 0 Å². The zero-order chi connectivity index (χ0) is 19.1. The van der Waals surface area contributed by atoms with Crippen LogP contribution in [0.5, 0.6) is 0 Å². The molecule has 6 nitrogen and oxygen atoms in total. The fourth-order valence-electron chi connectivity index (χ4n) is 2.59. The summed E-state index contributed by atoms with van der Waals surface area (Å²) >= 11 is 0. The molecule has 3 rings (SSSR count). The van der Waals surface area contributed by atoms with Crippen LogP contribution >= 0.6 is 0 Å². The quantitative estimate of drug-likeness (QED) is 0.622. The van der Waals surface area contributed by atoms with Crippen LogP contribution in [-0.2, 0) is 13.1 Å². The second-order valence-electron chi connectivity index (χ2n) is 6.09. The van der Waals surface area contributed by atoms with Crippen molar-refractivity contribution in [2.45, 2.75) is 20.0 Å². The molecule has 0 aliphatic heterocycles. The zero-order valence-corrected chi connectivity index (χ0v) is 15.0. The largest absolute Gasteiger partial charge is 0.459 e. The van der Waals surface area contributed by atoms with Crippen LogP contribution < -0.4 is 16.0 Å². The summed E-state index contributed by atoms with van der Waals surface area (Å²) < 4.78 is 5.07. The first-order chi connectivity index (χ1) is 13.1. The first kappa shape index (κ1) is 18.3. The number of anilines is 1. The molecule has 3 amide bonds.